The summed E-state index contributed by atoms with van der Waals surface area (Å²) in [5, 5.41) is 3.01. The minimum atomic E-state index is 0.164. The third kappa shape index (κ3) is 3.31. The smallest absolute Gasteiger partial charge is 0.227 e. The molecule has 0 spiro atoms. The second-order valence-corrected chi connectivity index (χ2v) is 5.49. The van der Waals surface area contributed by atoms with Gasteiger partial charge >= 0.3 is 0 Å². The van der Waals surface area contributed by atoms with Crippen LogP contribution >= 0.6 is 0 Å². The van der Waals surface area contributed by atoms with Crippen LogP contribution in [0.25, 0.3) is 0 Å². The number of hydrogen-bond donors (Lipinski definition) is 1. The van der Waals surface area contributed by atoms with Crippen molar-refractivity contribution < 1.29 is 4.79 Å². The summed E-state index contributed by atoms with van der Waals surface area (Å²) in [4.78, 5) is 16.3. The molecule has 1 N–H and O–H groups in total. The van der Waals surface area contributed by atoms with Gasteiger partial charge in [0.1, 0.15) is 0 Å². The van der Waals surface area contributed by atoms with E-state index in [1.54, 1.807) is 6.20 Å². The lowest BCUT2D eigenvalue weighted by molar-refractivity contribution is -0.120. The summed E-state index contributed by atoms with van der Waals surface area (Å²) in [6, 6.07) is 2.03. The molecule has 98 valence electrons. The first-order chi connectivity index (χ1) is 8.66. The van der Waals surface area contributed by atoms with E-state index in [1.807, 2.05) is 12.3 Å². The van der Waals surface area contributed by atoms with Gasteiger partial charge in [-0.3, -0.25) is 9.78 Å². The highest BCUT2D eigenvalue weighted by Gasteiger charge is 2.21. The third-order valence-corrected chi connectivity index (χ3v) is 3.67. The Hall–Kier alpha value is -1.38. The number of hydrogen-bond acceptors (Lipinski definition) is 2. The molecule has 0 unspecified atom stereocenters. The van der Waals surface area contributed by atoms with Crippen molar-refractivity contribution in [3.05, 3.63) is 24.0 Å². The van der Waals surface area contributed by atoms with Gasteiger partial charge in [0.2, 0.25) is 5.91 Å². The number of nitrogens with zero attached hydrogens (tertiary/aromatic N) is 1. The fourth-order valence-electron chi connectivity index (χ4n) is 2.45. The van der Waals surface area contributed by atoms with E-state index >= 15 is 0 Å². The second-order valence-electron chi connectivity index (χ2n) is 5.49. The maximum atomic E-state index is 12.1. The molecule has 1 aliphatic carbocycles. The molecule has 1 aromatic rings. The molecule has 1 aromatic heterocycles. The van der Waals surface area contributed by atoms with E-state index in [0.717, 1.165) is 24.1 Å². The fourth-order valence-corrected chi connectivity index (χ4v) is 2.45. The van der Waals surface area contributed by atoms with Crippen molar-refractivity contribution in [3.8, 4) is 0 Å². The monoisotopic (exact) mass is 246 g/mol. The molecule has 2 rings (SSSR count). The highest BCUT2D eigenvalue weighted by molar-refractivity contribution is 5.92. The van der Waals surface area contributed by atoms with E-state index in [0.29, 0.717) is 5.92 Å². The topological polar surface area (TPSA) is 42.0 Å². The number of aromatic nitrogens is 1. The zero-order valence-electron chi connectivity index (χ0n) is 11.3. The lowest BCUT2D eigenvalue weighted by Crippen LogP contribution is -2.24. The van der Waals surface area contributed by atoms with Crippen LogP contribution in [-0.2, 0) is 4.79 Å². The van der Waals surface area contributed by atoms with Crippen molar-refractivity contribution in [2.75, 3.05) is 5.32 Å². The van der Waals surface area contributed by atoms with Gasteiger partial charge in [0, 0.05) is 12.1 Å². The minimum absolute atomic E-state index is 0.164. The molecule has 3 nitrogen and oxygen atoms in total. The molecule has 1 heterocycles. The predicted octanol–water partition coefficient (Wildman–Crippen LogP) is 3.72. The molecule has 0 aliphatic heterocycles. The second kappa shape index (κ2) is 5.98. The van der Waals surface area contributed by atoms with Crippen LogP contribution < -0.4 is 5.32 Å². The van der Waals surface area contributed by atoms with E-state index in [1.165, 1.54) is 19.3 Å². The Bertz CT molecular complexity index is 409. The Morgan fingerprint density at radius 1 is 1.28 bits per heavy atom. The van der Waals surface area contributed by atoms with Gasteiger partial charge in [-0.1, -0.05) is 33.1 Å². The van der Waals surface area contributed by atoms with Crippen molar-refractivity contribution >= 4 is 11.6 Å². The summed E-state index contributed by atoms with van der Waals surface area (Å²) in [7, 11) is 0. The van der Waals surface area contributed by atoms with E-state index < -0.39 is 0 Å². The summed E-state index contributed by atoms with van der Waals surface area (Å²) in [6.45, 7) is 4.26. The van der Waals surface area contributed by atoms with E-state index in [4.69, 9.17) is 0 Å². The molecule has 1 aliphatic rings. The van der Waals surface area contributed by atoms with Gasteiger partial charge in [-0.05, 0) is 30.4 Å². The number of rotatable bonds is 3. The number of carbonyl (C=O) groups excluding carboxylic acids is 1. The van der Waals surface area contributed by atoms with Crippen LogP contribution in [-0.4, -0.2) is 10.9 Å². The summed E-state index contributed by atoms with van der Waals surface area (Å²) < 4.78 is 0. The van der Waals surface area contributed by atoms with Gasteiger partial charge in [-0.15, -0.1) is 0 Å². The molecule has 1 saturated carbocycles. The van der Waals surface area contributed by atoms with Gasteiger partial charge in [-0.2, -0.15) is 0 Å². The predicted molar refractivity (Wildman–Crippen MR) is 73.5 cm³/mol. The standard InChI is InChI=1S/C15H22N2O/c1-11(2)13-8-14(10-16-9-13)17-15(18)12-6-4-3-5-7-12/h8-12H,3-7H2,1-2H3,(H,17,18). The molecule has 0 saturated heterocycles. The Kier molecular flexibility index (Phi) is 4.34. The molecular weight excluding hydrogens is 224 g/mol. The van der Waals surface area contributed by atoms with Gasteiger partial charge < -0.3 is 5.32 Å². The van der Waals surface area contributed by atoms with Crippen molar-refractivity contribution in [1.29, 1.82) is 0 Å². The summed E-state index contributed by atoms with van der Waals surface area (Å²) in [5.74, 6) is 0.794. The quantitative estimate of drug-likeness (QED) is 0.883. The van der Waals surface area contributed by atoms with Crippen LogP contribution in [0.15, 0.2) is 18.5 Å². The van der Waals surface area contributed by atoms with Gasteiger partial charge in [-0.25, -0.2) is 0 Å². The van der Waals surface area contributed by atoms with Crippen molar-refractivity contribution in [3.63, 3.8) is 0 Å². The normalized spacial score (nSPS) is 16.8. The Morgan fingerprint density at radius 2 is 2.00 bits per heavy atom. The number of pyridine rings is 1. The third-order valence-electron chi connectivity index (χ3n) is 3.67. The van der Waals surface area contributed by atoms with Crippen molar-refractivity contribution in [2.45, 2.75) is 51.9 Å². The van der Waals surface area contributed by atoms with Crippen LogP contribution in [0, 0.1) is 5.92 Å². The summed E-state index contributed by atoms with van der Waals surface area (Å²) in [6.07, 6.45) is 9.29. The fraction of sp³-hybridized carbons (Fsp3) is 0.600. The van der Waals surface area contributed by atoms with E-state index in [9.17, 15) is 4.79 Å². The van der Waals surface area contributed by atoms with Gasteiger partial charge in [0.25, 0.3) is 0 Å². The zero-order chi connectivity index (χ0) is 13.0. The number of carbonyl (C=O) groups is 1. The molecule has 3 heteroatoms. The van der Waals surface area contributed by atoms with Gasteiger partial charge in [0.15, 0.2) is 0 Å². The molecular formula is C15H22N2O. The van der Waals surface area contributed by atoms with E-state index in [2.05, 4.69) is 24.1 Å². The number of nitrogens with one attached hydrogen (secondary N) is 1. The average Bonchev–Trinajstić information content (AvgIpc) is 2.40. The Labute approximate surface area is 109 Å². The minimum Gasteiger partial charge on any atom is -0.324 e. The summed E-state index contributed by atoms with van der Waals surface area (Å²) >= 11 is 0. The van der Waals surface area contributed by atoms with Crippen molar-refractivity contribution in [2.24, 2.45) is 5.92 Å². The first-order valence-corrected chi connectivity index (χ1v) is 6.92. The largest absolute Gasteiger partial charge is 0.324 e. The van der Waals surface area contributed by atoms with Gasteiger partial charge in [0.05, 0.1) is 11.9 Å². The number of amides is 1. The van der Waals surface area contributed by atoms with E-state index in [-0.39, 0.29) is 11.8 Å². The van der Waals surface area contributed by atoms with Crippen molar-refractivity contribution in [1.82, 2.24) is 4.98 Å². The molecule has 1 fully saturated rings. The summed E-state index contributed by atoms with van der Waals surface area (Å²) in [5.41, 5.74) is 1.99. The maximum absolute atomic E-state index is 12.1. The molecule has 1 amide bonds. The first-order valence-electron chi connectivity index (χ1n) is 6.92. The average molecular weight is 246 g/mol. The lowest BCUT2D eigenvalue weighted by Gasteiger charge is -2.20. The first kappa shape index (κ1) is 13.1. The molecule has 0 aromatic carbocycles. The van der Waals surface area contributed by atoms with Crippen LogP contribution in [0.1, 0.15) is 57.4 Å². The molecule has 0 atom stereocenters. The number of anilines is 1. The maximum Gasteiger partial charge on any atom is 0.227 e. The Morgan fingerprint density at radius 3 is 2.67 bits per heavy atom. The molecule has 0 bridgehead atoms. The Balaban J connectivity index is 1.99. The lowest BCUT2D eigenvalue weighted by atomic mass is 9.88. The SMILES string of the molecule is CC(C)c1cncc(NC(=O)C2CCCCC2)c1. The highest BCUT2D eigenvalue weighted by atomic mass is 16.1. The zero-order valence-corrected chi connectivity index (χ0v) is 11.3. The van der Waals surface area contributed by atoms with Crippen LogP contribution in [0.4, 0.5) is 5.69 Å². The van der Waals surface area contributed by atoms with Crippen LogP contribution in [0.5, 0.6) is 0 Å². The molecule has 18 heavy (non-hydrogen) atoms. The van der Waals surface area contributed by atoms with Crippen LogP contribution in [0.2, 0.25) is 0 Å². The molecule has 0 radical (unpaired) electrons. The van der Waals surface area contributed by atoms with Crippen LogP contribution in [0.3, 0.4) is 0 Å². The highest BCUT2D eigenvalue weighted by Crippen LogP contribution is 2.25.